The topological polar surface area (TPSA) is 22.1 Å². The third-order valence-electron chi connectivity index (χ3n) is 2.36. The van der Waals surface area contributed by atoms with Gasteiger partial charge in [0.05, 0.1) is 5.56 Å². The second-order valence-electron chi connectivity index (χ2n) is 3.73. The zero-order valence-electron chi connectivity index (χ0n) is 9.62. The Morgan fingerprint density at radius 2 is 1.84 bits per heavy atom. The SMILES string of the molecule is FC(F)(F)c1ccccc1Oc1ccc(CBr)cn1. The standard InChI is InChI=1S/C13H9BrF3NO/c14-7-9-5-6-12(18-8-9)19-11-4-2-1-3-10(11)13(15,16)17/h1-6,8H,7H2. The highest BCUT2D eigenvalue weighted by Gasteiger charge is 2.34. The van der Waals surface area contributed by atoms with Crippen molar-refractivity contribution in [3.8, 4) is 11.6 Å². The summed E-state index contributed by atoms with van der Waals surface area (Å²) in [5, 5.41) is 0.624. The molecule has 2 nitrogen and oxygen atoms in total. The molecule has 0 radical (unpaired) electrons. The van der Waals surface area contributed by atoms with Gasteiger partial charge in [-0.25, -0.2) is 4.98 Å². The first-order valence-corrected chi connectivity index (χ1v) is 6.48. The Kier molecular flexibility index (Phi) is 4.09. The van der Waals surface area contributed by atoms with Gasteiger partial charge in [-0.2, -0.15) is 13.2 Å². The van der Waals surface area contributed by atoms with E-state index in [0.717, 1.165) is 11.6 Å². The second kappa shape index (κ2) is 5.61. The number of nitrogens with zero attached hydrogens (tertiary/aromatic N) is 1. The van der Waals surface area contributed by atoms with Gasteiger partial charge in [0.15, 0.2) is 0 Å². The molecule has 0 saturated heterocycles. The van der Waals surface area contributed by atoms with Crippen molar-refractivity contribution in [2.75, 3.05) is 0 Å². The van der Waals surface area contributed by atoms with E-state index in [0.29, 0.717) is 5.33 Å². The summed E-state index contributed by atoms with van der Waals surface area (Å²) in [4.78, 5) is 3.95. The Balaban J connectivity index is 2.28. The lowest BCUT2D eigenvalue weighted by molar-refractivity contribution is -0.138. The van der Waals surface area contributed by atoms with Crippen LogP contribution >= 0.6 is 15.9 Å². The fraction of sp³-hybridized carbons (Fsp3) is 0.154. The number of benzene rings is 1. The minimum absolute atomic E-state index is 0.126. The number of alkyl halides is 4. The van der Waals surface area contributed by atoms with Crippen LogP contribution in [0.5, 0.6) is 11.6 Å². The first-order chi connectivity index (χ1) is 9.00. The van der Waals surface area contributed by atoms with E-state index in [2.05, 4.69) is 20.9 Å². The van der Waals surface area contributed by atoms with Crippen LogP contribution in [-0.4, -0.2) is 4.98 Å². The monoisotopic (exact) mass is 331 g/mol. The smallest absolute Gasteiger partial charge is 0.419 e. The molecule has 2 rings (SSSR count). The second-order valence-corrected chi connectivity index (χ2v) is 4.30. The van der Waals surface area contributed by atoms with Crippen LogP contribution in [0.1, 0.15) is 11.1 Å². The van der Waals surface area contributed by atoms with Crippen LogP contribution < -0.4 is 4.74 Å². The van der Waals surface area contributed by atoms with Crippen molar-refractivity contribution < 1.29 is 17.9 Å². The van der Waals surface area contributed by atoms with Crippen LogP contribution in [0.4, 0.5) is 13.2 Å². The molecule has 1 heterocycles. The van der Waals surface area contributed by atoms with E-state index in [1.807, 2.05) is 0 Å². The zero-order chi connectivity index (χ0) is 13.9. The van der Waals surface area contributed by atoms with Crippen LogP contribution in [0.15, 0.2) is 42.6 Å². The Morgan fingerprint density at radius 3 is 2.42 bits per heavy atom. The minimum Gasteiger partial charge on any atom is -0.438 e. The number of ether oxygens (including phenoxy) is 1. The van der Waals surface area contributed by atoms with E-state index < -0.39 is 11.7 Å². The van der Waals surface area contributed by atoms with Gasteiger partial charge in [0.2, 0.25) is 5.88 Å². The van der Waals surface area contributed by atoms with Crippen LogP contribution in [0.3, 0.4) is 0 Å². The van der Waals surface area contributed by atoms with Gasteiger partial charge in [-0.15, -0.1) is 0 Å². The Bertz CT molecular complexity index is 555. The van der Waals surface area contributed by atoms with E-state index in [9.17, 15) is 13.2 Å². The molecule has 0 atom stereocenters. The molecule has 1 aromatic carbocycles. The maximum absolute atomic E-state index is 12.8. The number of hydrogen-bond acceptors (Lipinski definition) is 2. The van der Waals surface area contributed by atoms with Gasteiger partial charge in [0.1, 0.15) is 5.75 Å². The molecule has 2 aromatic rings. The normalized spacial score (nSPS) is 11.4. The van der Waals surface area contributed by atoms with Gasteiger partial charge >= 0.3 is 6.18 Å². The van der Waals surface area contributed by atoms with Crippen molar-refractivity contribution in [1.29, 1.82) is 0 Å². The average Bonchev–Trinajstić information content (AvgIpc) is 2.39. The molecule has 0 aliphatic carbocycles. The maximum Gasteiger partial charge on any atom is 0.419 e. The van der Waals surface area contributed by atoms with Gasteiger partial charge in [-0.3, -0.25) is 0 Å². The zero-order valence-corrected chi connectivity index (χ0v) is 11.2. The van der Waals surface area contributed by atoms with Crippen molar-refractivity contribution in [2.24, 2.45) is 0 Å². The van der Waals surface area contributed by atoms with E-state index in [-0.39, 0.29) is 11.6 Å². The maximum atomic E-state index is 12.8. The van der Waals surface area contributed by atoms with Gasteiger partial charge in [0, 0.05) is 17.6 Å². The lowest BCUT2D eigenvalue weighted by Gasteiger charge is -2.12. The molecule has 0 aliphatic rings. The molecule has 0 bridgehead atoms. The number of rotatable bonds is 3. The highest BCUT2D eigenvalue weighted by molar-refractivity contribution is 9.08. The summed E-state index contributed by atoms with van der Waals surface area (Å²) in [5.74, 6) is -0.129. The van der Waals surface area contributed by atoms with Gasteiger partial charge in [-0.1, -0.05) is 34.1 Å². The van der Waals surface area contributed by atoms with Crippen molar-refractivity contribution in [3.05, 3.63) is 53.7 Å². The molecule has 0 fully saturated rings. The molecular weight excluding hydrogens is 323 g/mol. The van der Waals surface area contributed by atoms with Gasteiger partial charge in [-0.05, 0) is 17.7 Å². The number of aromatic nitrogens is 1. The first kappa shape index (κ1) is 13.9. The van der Waals surface area contributed by atoms with Crippen LogP contribution in [0, 0.1) is 0 Å². The first-order valence-electron chi connectivity index (χ1n) is 5.35. The molecule has 0 amide bonds. The summed E-state index contributed by atoms with van der Waals surface area (Å²) in [5.41, 5.74) is 0.0952. The molecule has 0 saturated carbocycles. The van der Waals surface area contributed by atoms with Crippen LogP contribution in [0.2, 0.25) is 0 Å². The summed E-state index contributed by atoms with van der Waals surface area (Å²) in [6.45, 7) is 0. The number of para-hydroxylation sites is 1. The van der Waals surface area contributed by atoms with Crippen LogP contribution in [-0.2, 0) is 11.5 Å². The van der Waals surface area contributed by atoms with Crippen molar-refractivity contribution in [3.63, 3.8) is 0 Å². The highest BCUT2D eigenvalue weighted by Crippen LogP contribution is 2.37. The fourth-order valence-electron chi connectivity index (χ4n) is 1.45. The molecule has 100 valence electrons. The van der Waals surface area contributed by atoms with Crippen LogP contribution in [0.25, 0.3) is 0 Å². The lowest BCUT2D eigenvalue weighted by atomic mass is 10.2. The molecular formula is C13H9BrF3NO. The Hall–Kier alpha value is -1.56. The summed E-state index contributed by atoms with van der Waals surface area (Å²) in [6, 6.07) is 8.30. The van der Waals surface area contributed by atoms with Crippen molar-refractivity contribution in [1.82, 2.24) is 4.98 Å². The lowest BCUT2D eigenvalue weighted by Crippen LogP contribution is -2.07. The molecule has 0 N–H and O–H groups in total. The molecule has 0 aliphatic heterocycles. The third kappa shape index (κ3) is 3.47. The predicted octanol–water partition coefficient (Wildman–Crippen LogP) is 4.79. The molecule has 0 unspecified atom stereocenters. The summed E-state index contributed by atoms with van der Waals surface area (Å²) >= 11 is 3.26. The molecule has 0 spiro atoms. The largest absolute Gasteiger partial charge is 0.438 e. The van der Waals surface area contributed by atoms with Crippen molar-refractivity contribution in [2.45, 2.75) is 11.5 Å². The van der Waals surface area contributed by atoms with Crippen molar-refractivity contribution >= 4 is 15.9 Å². The number of halogens is 4. The summed E-state index contributed by atoms with van der Waals surface area (Å²) < 4.78 is 43.5. The predicted molar refractivity (Wildman–Crippen MR) is 68.4 cm³/mol. The molecule has 6 heteroatoms. The van der Waals surface area contributed by atoms with Gasteiger partial charge in [0.25, 0.3) is 0 Å². The molecule has 19 heavy (non-hydrogen) atoms. The highest BCUT2D eigenvalue weighted by atomic mass is 79.9. The average molecular weight is 332 g/mol. The summed E-state index contributed by atoms with van der Waals surface area (Å²) in [7, 11) is 0. The van der Waals surface area contributed by atoms with Gasteiger partial charge < -0.3 is 4.74 Å². The van der Waals surface area contributed by atoms with E-state index >= 15 is 0 Å². The third-order valence-corrected chi connectivity index (χ3v) is 3.01. The minimum atomic E-state index is -4.45. The number of pyridine rings is 1. The fourth-order valence-corrected chi connectivity index (χ4v) is 1.78. The Labute approximate surface area is 116 Å². The summed E-state index contributed by atoms with van der Waals surface area (Å²) in [6.07, 6.45) is -2.91. The van der Waals surface area contributed by atoms with E-state index in [4.69, 9.17) is 4.74 Å². The Morgan fingerprint density at radius 1 is 1.11 bits per heavy atom. The quantitative estimate of drug-likeness (QED) is 0.754. The number of hydrogen-bond donors (Lipinski definition) is 0. The van der Waals surface area contributed by atoms with E-state index in [1.165, 1.54) is 24.3 Å². The molecule has 1 aromatic heterocycles. The van der Waals surface area contributed by atoms with E-state index in [1.54, 1.807) is 12.3 Å².